The first-order chi connectivity index (χ1) is 34.5. The predicted molar refractivity (Wildman–Crippen MR) is 269 cm³/mol. The summed E-state index contributed by atoms with van der Waals surface area (Å²) < 4.78 is 66.0. The number of imidazole rings is 1. The fraction of sp³-hybridized carbons (Fsp3) is 0.111. The van der Waals surface area contributed by atoms with E-state index < -0.39 is 34.2 Å². The van der Waals surface area contributed by atoms with E-state index in [0.29, 0.717) is 61.5 Å². The number of nitrogens with zero attached hydrogens (tertiary/aromatic N) is 4. The van der Waals surface area contributed by atoms with E-state index in [1.54, 1.807) is 46.5 Å². The molecule has 17 heteroatoms. The molecule has 1 saturated heterocycles. The van der Waals surface area contributed by atoms with Crippen LogP contribution in [0, 0.1) is 5.82 Å². The molecule has 9 aromatic rings. The highest BCUT2D eigenvalue weighted by Crippen LogP contribution is 2.40. The number of nitrogens with one attached hydrogen (secondary N) is 3. The predicted octanol–water partition coefficient (Wildman–Crippen LogP) is 8.86. The molecular formula is C54H44FN7O8S. The van der Waals surface area contributed by atoms with E-state index >= 15 is 4.39 Å². The molecule has 356 valence electrons. The van der Waals surface area contributed by atoms with Gasteiger partial charge in [-0.25, -0.2) is 18.2 Å². The average Bonchev–Trinajstić information content (AvgIpc) is 3.79. The normalized spacial score (nSPS) is 13.0. The lowest BCUT2D eigenvalue weighted by Crippen LogP contribution is -2.30. The monoisotopic (exact) mass is 969 g/mol. The topological polar surface area (TPSA) is 175 Å². The molecule has 15 nitrogen and oxygen atoms in total. The number of anilines is 4. The molecule has 1 aliphatic heterocycles. The maximum absolute atomic E-state index is 16.4. The van der Waals surface area contributed by atoms with Crippen molar-refractivity contribution in [2.75, 3.05) is 21.5 Å². The summed E-state index contributed by atoms with van der Waals surface area (Å²) in [6, 6.07) is 50.9. The summed E-state index contributed by atoms with van der Waals surface area (Å²) in [5, 5.41) is 6.67. The molecule has 2 aromatic heterocycles. The van der Waals surface area contributed by atoms with Gasteiger partial charge in [0.05, 0.1) is 17.5 Å². The molecular weight excluding hydrogens is 926 g/mol. The molecule has 0 unspecified atom stereocenters. The van der Waals surface area contributed by atoms with Crippen LogP contribution in [0.15, 0.2) is 175 Å². The number of aryl methyl sites for hydroxylation is 1. The second-order valence-electron chi connectivity index (χ2n) is 16.7. The third-order valence-electron chi connectivity index (χ3n) is 11.7. The van der Waals surface area contributed by atoms with Crippen molar-refractivity contribution in [1.82, 2.24) is 18.8 Å². The largest absolute Gasteiger partial charge is 0.487 e. The highest BCUT2D eigenvalue weighted by molar-refractivity contribution is 7.92. The molecule has 0 aliphatic carbocycles. The van der Waals surface area contributed by atoms with Crippen LogP contribution in [0.25, 0.3) is 27.5 Å². The Hall–Kier alpha value is -8.96. The number of aromatic nitrogens is 3. The van der Waals surface area contributed by atoms with Gasteiger partial charge in [0.2, 0.25) is 17.7 Å². The van der Waals surface area contributed by atoms with Crippen LogP contribution in [-0.2, 0) is 53.1 Å². The van der Waals surface area contributed by atoms with Crippen LogP contribution in [0.2, 0.25) is 0 Å². The molecule has 7 aromatic carbocycles. The van der Waals surface area contributed by atoms with E-state index in [4.69, 9.17) is 19.2 Å². The third-order valence-corrected chi connectivity index (χ3v) is 13.1. The number of amides is 2. The first-order valence-electron chi connectivity index (χ1n) is 22.4. The highest BCUT2D eigenvalue weighted by Gasteiger charge is 2.38. The second-order valence-corrected chi connectivity index (χ2v) is 18.3. The van der Waals surface area contributed by atoms with Crippen molar-refractivity contribution in [1.29, 1.82) is 0 Å². The van der Waals surface area contributed by atoms with Crippen LogP contribution in [0.4, 0.5) is 27.1 Å². The van der Waals surface area contributed by atoms with Gasteiger partial charge in [0.25, 0.3) is 5.91 Å². The Morgan fingerprint density at radius 3 is 1.99 bits per heavy atom. The molecule has 0 radical (unpaired) electrons. The number of halogens is 1. The molecule has 2 amide bonds. The van der Waals surface area contributed by atoms with Crippen LogP contribution in [0.5, 0.6) is 17.5 Å². The van der Waals surface area contributed by atoms with Crippen LogP contribution < -0.4 is 39.6 Å². The summed E-state index contributed by atoms with van der Waals surface area (Å²) in [6.07, 6.45) is -0.00464. The van der Waals surface area contributed by atoms with Gasteiger partial charge in [0, 0.05) is 35.6 Å². The zero-order chi connectivity index (χ0) is 49.1. The minimum absolute atomic E-state index is 0.00464. The van der Waals surface area contributed by atoms with Crippen LogP contribution in [0.3, 0.4) is 0 Å². The van der Waals surface area contributed by atoms with Gasteiger partial charge in [-0.3, -0.25) is 18.7 Å². The van der Waals surface area contributed by atoms with Gasteiger partial charge in [-0.15, -0.1) is 0 Å². The number of benzene rings is 7. The van der Waals surface area contributed by atoms with Gasteiger partial charge in [0.15, 0.2) is 5.82 Å². The van der Waals surface area contributed by atoms with Crippen LogP contribution in [0.1, 0.15) is 22.3 Å². The molecule has 0 bridgehead atoms. The van der Waals surface area contributed by atoms with Gasteiger partial charge in [-0.05, 0) is 88.3 Å². The smallest absolute Gasteiger partial charge is 0.333 e. The highest BCUT2D eigenvalue weighted by atomic mass is 32.2. The van der Waals surface area contributed by atoms with Gasteiger partial charge < -0.3 is 24.8 Å². The van der Waals surface area contributed by atoms with Crippen molar-refractivity contribution in [2.45, 2.75) is 26.2 Å². The quantitative estimate of drug-likeness (QED) is 0.0849. The summed E-state index contributed by atoms with van der Waals surface area (Å²) in [6.45, 7) is -0.101. The van der Waals surface area contributed by atoms with Crippen molar-refractivity contribution in [3.8, 4) is 23.2 Å². The zero-order valence-electron chi connectivity index (χ0n) is 38.0. The van der Waals surface area contributed by atoms with E-state index in [1.807, 2.05) is 126 Å². The Bertz CT molecular complexity index is 3650. The summed E-state index contributed by atoms with van der Waals surface area (Å²) in [7, 11) is -2.67. The lowest BCUT2D eigenvalue weighted by molar-refractivity contribution is -0.117. The van der Waals surface area contributed by atoms with E-state index in [2.05, 4.69) is 10.6 Å². The van der Waals surface area contributed by atoms with E-state index in [-0.39, 0.29) is 48.2 Å². The summed E-state index contributed by atoms with van der Waals surface area (Å²) in [5.41, 5.74) is 6.13. The van der Waals surface area contributed by atoms with E-state index in [9.17, 15) is 22.8 Å². The number of fused-ring (bicyclic) bond motifs is 2. The number of hydrogen-bond donors (Lipinski definition) is 3. The SMILES string of the molecule is Cn1c(=O)n(-c2ccc(OCc3ccccc3)nc2OCc2ccccc2)c2ccc(Nc3cccc(CC(=O)Nc4ccc5c(F)c(N6CC(=O)NS6(=O)=O)c(OCc6ccccc6)cc5c4)c3)cc21. The van der Waals surface area contributed by atoms with Crippen LogP contribution >= 0.6 is 0 Å². The molecule has 71 heavy (non-hydrogen) atoms. The first kappa shape index (κ1) is 45.8. The van der Waals surface area contributed by atoms with E-state index in [1.165, 1.54) is 18.2 Å². The van der Waals surface area contributed by atoms with Crippen molar-refractivity contribution in [3.05, 3.63) is 208 Å². The maximum Gasteiger partial charge on any atom is 0.333 e. The number of hydrogen-bond acceptors (Lipinski definition) is 10. The molecule has 3 N–H and O–H groups in total. The molecule has 0 saturated carbocycles. The molecule has 1 aliphatic rings. The third kappa shape index (κ3) is 9.98. The van der Waals surface area contributed by atoms with Crippen molar-refractivity contribution in [3.63, 3.8) is 0 Å². The molecule has 0 atom stereocenters. The standard InChI is InChI=1S/C54H44FN7O8S/c1-60-46-30-42(21-23-44(46)62(54(60)65)45-24-25-50(69-33-36-14-7-3-8-15-36)58-53(45)70-34-37-16-9-4-10-17-37)56-40-19-11-18-38(26-40)27-48(63)57-41-20-22-43-39(28-41)29-47(68-32-35-12-5-2-6-13-35)52(51(43)55)61-31-49(64)59-71(61,66)67/h2-26,28-30,56H,27,31-34H2,1H3,(H,57,63)(H,59,64). The minimum Gasteiger partial charge on any atom is -0.487 e. The van der Waals surface area contributed by atoms with Crippen LogP contribution in [-0.4, -0.2) is 40.9 Å². The van der Waals surface area contributed by atoms with Crippen molar-refractivity contribution >= 4 is 66.6 Å². The van der Waals surface area contributed by atoms with Gasteiger partial charge in [-0.1, -0.05) is 103 Å². The Morgan fingerprint density at radius 2 is 1.31 bits per heavy atom. The van der Waals surface area contributed by atoms with Crippen molar-refractivity contribution < 1.29 is 36.6 Å². The van der Waals surface area contributed by atoms with Gasteiger partial charge in [-0.2, -0.15) is 13.4 Å². The fourth-order valence-electron chi connectivity index (χ4n) is 8.32. The fourth-order valence-corrected chi connectivity index (χ4v) is 9.48. The molecule has 1 fully saturated rings. The average molecular weight is 970 g/mol. The second kappa shape index (κ2) is 19.6. The maximum atomic E-state index is 16.4. The summed E-state index contributed by atoms with van der Waals surface area (Å²) >= 11 is 0. The Kier molecular flexibility index (Phi) is 12.6. The molecule has 10 rings (SSSR count). The Morgan fingerprint density at radius 1 is 0.676 bits per heavy atom. The lowest BCUT2D eigenvalue weighted by atomic mass is 10.1. The number of carbonyl (C=O) groups excluding carboxylic acids is 2. The van der Waals surface area contributed by atoms with Crippen molar-refractivity contribution in [2.24, 2.45) is 7.05 Å². The summed E-state index contributed by atoms with van der Waals surface area (Å²) in [5.74, 6) is -1.58. The number of pyridine rings is 1. The lowest BCUT2D eigenvalue weighted by Gasteiger charge is -2.21. The Balaban J connectivity index is 0.861. The number of rotatable bonds is 16. The first-order valence-corrected chi connectivity index (χ1v) is 23.9. The Labute approximate surface area is 406 Å². The molecule has 0 spiro atoms. The minimum atomic E-state index is -4.37. The number of carbonyl (C=O) groups is 2. The summed E-state index contributed by atoms with van der Waals surface area (Å²) in [4.78, 5) is 44.4. The van der Waals surface area contributed by atoms with Gasteiger partial charge >= 0.3 is 15.9 Å². The van der Waals surface area contributed by atoms with E-state index in [0.717, 1.165) is 16.7 Å². The molecule has 3 heterocycles. The zero-order valence-corrected chi connectivity index (χ0v) is 38.9. The number of ether oxygens (including phenoxy) is 3. The van der Waals surface area contributed by atoms with Gasteiger partial charge in [0.1, 0.15) is 43.5 Å².